The van der Waals surface area contributed by atoms with Gasteiger partial charge in [-0.2, -0.15) is 10.2 Å². The first kappa shape index (κ1) is 18.3. The van der Waals surface area contributed by atoms with Crippen LogP contribution in [0.1, 0.15) is 38.0 Å². The topological polar surface area (TPSA) is 95.0 Å². The summed E-state index contributed by atoms with van der Waals surface area (Å²) in [5, 5.41) is 14.6. The summed E-state index contributed by atoms with van der Waals surface area (Å²) in [6.45, 7) is 10.2. The summed E-state index contributed by atoms with van der Waals surface area (Å²) in [5.41, 5.74) is 2.21. The van der Waals surface area contributed by atoms with Crippen molar-refractivity contribution in [3.05, 3.63) is 41.9 Å². The Morgan fingerprint density at radius 2 is 1.96 bits per heavy atom. The highest BCUT2D eigenvalue weighted by Gasteiger charge is 2.25. The lowest BCUT2D eigenvalue weighted by molar-refractivity contribution is 0.239. The minimum atomic E-state index is -0.144. The van der Waals surface area contributed by atoms with Crippen molar-refractivity contribution in [2.45, 2.75) is 32.7 Å². The molecule has 3 aromatic heterocycles. The van der Waals surface area contributed by atoms with Gasteiger partial charge in [-0.25, -0.2) is 0 Å². The zero-order chi connectivity index (χ0) is 19.7. The number of rotatable bonds is 3. The fourth-order valence-electron chi connectivity index (χ4n) is 3.40. The van der Waals surface area contributed by atoms with Crippen molar-refractivity contribution in [2.75, 3.05) is 31.1 Å². The van der Waals surface area contributed by atoms with Crippen molar-refractivity contribution in [3.8, 4) is 6.07 Å². The predicted molar refractivity (Wildman–Crippen MR) is 105 cm³/mol. The number of anilines is 1. The highest BCUT2D eigenvalue weighted by molar-refractivity contribution is 5.93. The number of piperazine rings is 1. The van der Waals surface area contributed by atoms with Gasteiger partial charge in [0.2, 0.25) is 5.89 Å². The maximum Gasteiger partial charge on any atom is 0.232 e. The summed E-state index contributed by atoms with van der Waals surface area (Å²) in [5.74, 6) is 1.38. The van der Waals surface area contributed by atoms with Crippen LogP contribution in [0.25, 0.3) is 10.9 Å². The predicted octanol–water partition coefficient (Wildman–Crippen LogP) is 2.50. The van der Waals surface area contributed by atoms with Crippen LogP contribution in [0.2, 0.25) is 0 Å². The van der Waals surface area contributed by atoms with E-state index in [0.29, 0.717) is 18.0 Å². The smallest absolute Gasteiger partial charge is 0.232 e. The van der Waals surface area contributed by atoms with E-state index in [2.05, 4.69) is 56.7 Å². The van der Waals surface area contributed by atoms with Gasteiger partial charge in [-0.1, -0.05) is 25.9 Å². The van der Waals surface area contributed by atoms with Crippen LogP contribution in [-0.4, -0.2) is 51.2 Å². The van der Waals surface area contributed by atoms with Crippen LogP contribution in [0.3, 0.4) is 0 Å². The molecule has 4 rings (SSSR count). The Kier molecular flexibility index (Phi) is 4.69. The molecule has 1 fully saturated rings. The van der Waals surface area contributed by atoms with Crippen molar-refractivity contribution < 1.29 is 4.52 Å². The Balaban J connectivity index is 1.48. The lowest BCUT2D eigenvalue weighted by atomic mass is 9.97. The number of hydrogen-bond acceptors (Lipinski definition) is 8. The second-order valence-electron chi connectivity index (χ2n) is 8.05. The average Bonchev–Trinajstić information content (AvgIpc) is 3.17. The molecular formula is C20H23N7O. The number of nitrogens with zero attached hydrogens (tertiary/aromatic N) is 7. The second kappa shape index (κ2) is 7.17. The van der Waals surface area contributed by atoms with Crippen LogP contribution in [0.4, 0.5) is 5.69 Å². The van der Waals surface area contributed by atoms with E-state index in [4.69, 9.17) is 4.52 Å². The van der Waals surface area contributed by atoms with Gasteiger partial charge in [0, 0.05) is 49.4 Å². The first-order chi connectivity index (χ1) is 13.5. The molecule has 8 nitrogen and oxygen atoms in total. The third-order valence-corrected chi connectivity index (χ3v) is 4.93. The first-order valence-corrected chi connectivity index (χ1v) is 9.39. The third kappa shape index (κ3) is 3.53. The van der Waals surface area contributed by atoms with Crippen molar-refractivity contribution >= 4 is 16.6 Å². The van der Waals surface area contributed by atoms with Gasteiger partial charge in [0.05, 0.1) is 29.5 Å². The number of aromatic nitrogens is 4. The lowest BCUT2D eigenvalue weighted by Gasteiger charge is -2.36. The molecule has 1 saturated heterocycles. The molecule has 0 radical (unpaired) electrons. The van der Waals surface area contributed by atoms with Gasteiger partial charge in [-0.05, 0) is 6.07 Å². The fourth-order valence-corrected chi connectivity index (χ4v) is 3.40. The van der Waals surface area contributed by atoms with Crippen molar-refractivity contribution in [2.24, 2.45) is 0 Å². The molecule has 0 aliphatic carbocycles. The van der Waals surface area contributed by atoms with Crippen LogP contribution >= 0.6 is 0 Å². The number of pyridine rings is 2. The van der Waals surface area contributed by atoms with Crippen molar-refractivity contribution in [1.82, 2.24) is 25.0 Å². The zero-order valence-corrected chi connectivity index (χ0v) is 16.4. The molecular weight excluding hydrogens is 354 g/mol. The van der Waals surface area contributed by atoms with Gasteiger partial charge >= 0.3 is 0 Å². The molecule has 0 spiro atoms. The molecule has 1 aliphatic heterocycles. The Hall–Kier alpha value is -3.05. The molecule has 8 heteroatoms. The summed E-state index contributed by atoms with van der Waals surface area (Å²) in [7, 11) is 0. The minimum absolute atomic E-state index is 0.144. The second-order valence-corrected chi connectivity index (χ2v) is 8.05. The van der Waals surface area contributed by atoms with Gasteiger partial charge in [-0.3, -0.25) is 14.9 Å². The Morgan fingerprint density at radius 1 is 1.18 bits per heavy atom. The van der Waals surface area contributed by atoms with E-state index in [1.54, 1.807) is 18.6 Å². The van der Waals surface area contributed by atoms with Crippen LogP contribution < -0.4 is 4.90 Å². The number of nitriles is 1. The molecule has 0 atom stereocenters. The Bertz CT molecular complexity index is 1020. The van der Waals surface area contributed by atoms with Gasteiger partial charge in [0.25, 0.3) is 0 Å². The molecule has 0 N–H and O–H groups in total. The molecule has 144 valence electrons. The highest BCUT2D eigenvalue weighted by Crippen LogP contribution is 2.29. The van der Waals surface area contributed by atoms with Gasteiger partial charge in [0.15, 0.2) is 5.82 Å². The van der Waals surface area contributed by atoms with Crippen LogP contribution in [0.5, 0.6) is 0 Å². The van der Waals surface area contributed by atoms with Gasteiger partial charge < -0.3 is 9.42 Å². The fraction of sp³-hybridized carbons (Fsp3) is 0.450. The van der Waals surface area contributed by atoms with E-state index in [9.17, 15) is 5.26 Å². The third-order valence-electron chi connectivity index (χ3n) is 4.93. The molecule has 0 unspecified atom stereocenters. The summed E-state index contributed by atoms with van der Waals surface area (Å²) >= 11 is 0. The van der Waals surface area contributed by atoms with E-state index in [1.165, 1.54) is 0 Å². The largest absolute Gasteiger partial charge is 0.367 e. The SMILES string of the molecule is CC(C)(C)c1nc(CN2CCN(c3c(C#N)cnc4cnccc34)CC2)no1. The van der Waals surface area contributed by atoms with E-state index < -0.39 is 0 Å². The summed E-state index contributed by atoms with van der Waals surface area (Å²) in [6.07, 6.45) is 5.12. The van der Waals surface area contributed by atoms with Gasteiger partial charge in [0.1, 0.15) is 6.07 Å². The van der Waals surface area contributed by atoms with Crippen LogP contribution in [0.15, 0.2) is 29.2 Å². The van der Waals surface area contributed by atoms with Crippen molar-refractivity contribution in [1.29, 1.82) is 5.26 Å². The standard InChI is InChI=1S/C20H23N7O/c1-20(2,3)19-24-17(25-28-19)13-26-6-8-27(9-7-26)18-14(10-21)11-23-16-12-22-5-4-15(16)18/h4-5,11-12H,6-9,13H2,1-3H3. The first-order valence-electron chi connectivity index (χ1n) is 9.39. The number of fused-ring (bicyclic) bond motifs is 1. The maximum atomic E-state index is 9.55. The summed E-state index contributed by atoms with van der Waals surface area (Å²) in [4.78, 5) is 17.6. The van der Waals surface area contributed by atoms with Crippen molar-refractivity contribution in [3.63, 3.8) is 0 Å². The van der Waals surface area contributed by atoms with E-state index in [0.717, 1.165) is 48.6 Å². The molecule has 0 aromatic carbocycles. The Labute approximate surface area is 163 Å². The molecule has 0 bridgehead atoms. The molecule has 0 saturated carbocycles. The molecule has 4 heterocycles. The molecule has 0 amide bonds. The molecule has 28 heavy (non-hydrogen) atoms. The summed E-state index contributed by atoms with van der Waals surface area (Å²) < 4.78 is 5.39. The maximum absolute atomic E-state index is 9.55. The number of hydrogen-bond donors (Lipinski definition) is 0. The van der Waals surface area contributed by atoms with E-state index in [-0.39, 0.29) is 5.41 Å². The molecule has 1 aliphatic rings. The summed E-state index contributed by atoms with van der Waals surface area (Å²) in [6, 6.07) is 4.21. The normalized spacial score (nSPS) is 15.7. The monoisotopic (exact) mass is 377 g/mol. The average molecular weight is 377 g/mol. The molecule has 3 aromatic rings. The lowest BCUT2D eigenvalue weighted by Crippen LogP contribution is -2.46. The zero-order valence-electron chi connectivity index (χ0n) is 16.4. The van der Waals surface area contributed by atoms with Gasteiger partial charge in [-0.15, -0.1) is 0 Å². The van der Waals surface area contributed by atoms with E-state index >= 15 is 0 Å². The minimum Gasteiger partial charge on any atom is -0.367 e. The van der Waals surface area contributed by atoms with Crippen LogP contribution in [-0.2, 0) is 12.0 Å². The highest BCUT2D eigenvalue weighted by atomic mass is 16.5. The van der Waals surface area contributed by atoms with E-state index in [1.807, 2.05) is 6.07 Å². The van der Waals surface area contributed by atoms with Crippen LogP contribution in [0, 0.1) is 11.3 Å². The Morgan fingerprint density at radius 3 is 2.64 bits per heavy atom. The quantitative estimate of drug-likeness (QED) is 0.687.